The highest BCUT2D eigenvalue weighted by Gasteiger charge is 2.22. The van der Waals surface area contributed by atoms with Gasteiger partial charge in [-0.2, -0.15) is 0 Å². The van der Waals surface area contributed by atoms with Crippen molar-refractivity contribution in [2.75, 3.05) is 13.1 Å². The number of nitrogens with zero attached hydrogens (tertiary/aromatic N) is 2. The smallest absolute Gasteiger partial charge is 0.270 e. The topological polar surface area (TPSA) is 75.5 Å². The Labute approximate surface area is 154 Å². The highest BCUT2D eigenvalue weighted by molar-refractivity contribution is 5.95. The first kappa shape index (κ1) is 18.9. The number of halogens is 2. The van der Waals surface area contributed by atoms with E-state index in [4.69, 9.17) is 0 Å². The second-order valence-electron chi connectivity index (χ2n) is 6.61. The van der Waals surface area contributed by atoms with E-state index in [1.54, 1.807) is 0 Å². The third-order valence-corrected chi connectivity index (χ3v) is 4.57. The quantitative estimate of drug-likeness (QED) is 0.643. The third kappa shape index (κ3) is 5.07. The molecule has 1 heterocycles. The molecule has 0 aliphatic carbocycles. The van der Waals surface area contributed by atoms with Crippen LogP contribution in [-0.2, 0) is 6.54 Å². The first-order valence-electron chi connectivity index (χ1n) is 8.63. The van der Waals surface area contributed by atoms with E-state index in [1.165, 1.54) is 36.4 Å². The Bertz CT molecular complexity index is 832. The third-order valence-electron chi connectivity index (χ3n) is 4.57. The van der Waals surface area contributed by atoms with Gasteiger partial charge < -0.3 is 5.32 Å². The van der Waals surface area contributed by atoms with Crippen LogP contribution in [0.5, 0.6) is 0 Å². The molecule has 0 bridgehead atoms. The van der Waals surface area contributed by atoms with Crippen molar-refractivity contribution < 1.29 is 18.5 Å². The number of nitro groups is 1. The fraction of sp³-hybridized carbons (Fsp3) is 0.316. The zero-order valence-electron chi connectivity index (χ0n) is 14.5. The Kier molecular flexibility index (Phi) is 5.75. The number of nitrogens with one attached hydrogen (secondary N) is 1. The fourth-order valence-corrected chi connectivity index (χ4v) is 3.23. The summed E-state index contributed by atoms with van der Waals surface area (Å²) in [5.74, 6) is -1.53. The van der Waals surface area contributed by atoms with Crippen LogP contribution >= 0.6 is 0 Å². The number of carbonyl (C=O) groups excluding carboxylic acids is 1. The molecule has 1 saturated heterocycles. The first-order chi connectivity index (χ1) is 12.9. The van der Waals surface area contributed by atoms with E-state index in [0.717, 1.165) is 6.07 Å². The van der Waals surface area contributed by atoms with Gasteiger partial charge in [-0.3, -0.25) is 19.8 Å². The highest BCUT2D eigenvalue weighted by atomic mass is 19.1. The lowest BCUT2D eigenvalue weighted by Crippen LogP contribution is -2.44. The normalized spacial score (nSPS) is 15.5. The molecule has 2 aromatic rings. The van der Waals surface area contributed by atoms with Crippen LogP contribution in [0.15, 0.2) is 42.5 Å². The van der Waals surface area contributed by atoms with Crippen LogP contribution in [0, 0.1) is 21.7 Å². The van der Waals surface area contributed by atoms with Crippen molar-refractivity contribution in [2.24, 2.45) is 0 Å². The van der Waals surface area contributed by atoms with Crippen molar-refractivity contribution in [3.63, 3.8) is 0 Å². The number of benzene rings is 2. The average molecular weight is 375 g/mol. The SMILES string of the molecule is O=C(NC1CCN(Cc2cc(F)cc(F)c2)CC1)c1cccc([N+](=O)[O-])c1. The summed E-state index contributed by atoms with van der Waals surface area (Å²) in [4.78, 5) is 24.7. The van der Waals surface area contributed by atoms with Crippen LogP contribution in [0.1, 0.15) is 28.8 Å². The maximum Gasteiger partial charge on any atom is 0.270 e. The molecule has 1 fully saturated rings. The van der Waals surface area contributed by atoms with E-state index in [1.807, 2.05) is 0 Å². The van der Waals surface area contributed by atoms with Crippen molar-refractivity contribution in [1.82, 2.24) is 10.2 Å². The molecule has 8 heteroatoms. The van der Waals surface area contributed by atoms with E-state index in [-0.39, 0.29) is 23.2 Å². The lowest BCUT2D eigenvalue weighted by molar-refractivity contribution is -0.384. The second-order valence-corrected chi connectivity index (χ2v) is 6.61. The molecule has 1 amide bonds. The van der Waals surface area contributed by atoms with Gasteiger partial charge in [-0.05, 0) is 36.6 Å². The summed E-state index contributed by atoms with van der Waals surface area (Å²) in [5.41, 5.74) is 0.702. The van der Waals surface area contributed by atoms with Crippen LogP contribution in [0.25, 0.3) is 0 Å². The molecule has 0 unspecified atom stereocenters. The summed E-state index contributed by atoms with van der Waals surface area (Å²) in [6.07, 6.45) is 1.39. The summed E-state index contributed by atoms with van der Waals surface area (Å²) in [7, 11) is 0. The number of piperidine rings is 1. The molecule has 0 radical (unpaired) electrons. The van der Waals surface area contributed by atoms with Gasteiger partial charge >= 0.3 is 0 Å². The molecule has 3 rings (SSSR count). The molecule has 1 aliphatic rings. The molecule has 1 N–H and O–H groups in total. The Morgan fingerprint density at radius 2 is 1.81 bits per heavy atom. The molecule has 142 valence electrons. The maximum atomic E-state index is 13.3. The zero-order valence-corrected chi connectivity index (χ0v) is 14.5. The average Bonchev–Trinajstić information content (AvgIpc) is 2.62. The van der Waals surface area contributed by atoms with Gasteiger partial charge in [-0.15, -0.1) is 0 Å². The van der Waals surface area contributed by atoms with E-state index < -0.39 is 16.6 Å². The lowest BCUT2D eigenvalue weighted by Gasteiger charge is -2.32. The summed E-state index contributed by atoms with van der Waals surface area (Å²) in [5, 5.41) is 13.7. The minimum atomic E-state index is -0.593. The van der Waals surface area contributed by atoms with Crippen molar-refractivity contribution in [2.45, 2.75) is 25.4 Å². The van der Waals surface area contributed by atoms with Gasteiger partial charge in [-0.1, -0.05) is 6.07 Å². The zero-order chi connectivity index (χ0) is 19.4. The summed E-state index contributed by atoms with van der Waals surface area (Å²) in [6, 6.07) is 9.05. The second kappa shape index (κ2) is 8.22. The van der Waals surface area contributed by atoms with Crippen LogP contribution in [-0.4, -0.2) is 34.9 Å². The molecular weight excluding hydrogens is 356 g/mol. The number of hydrogen-bond donors (Lipinski definition) is 1. The molecule has 27 heavy (non-hydrogen) atoms. The van der Waals surface area contributed by atoms with Crippen molar-refractivity contribution >= 4 is 11.6 Å². The van der Waals surface area contributed by atoms with Gasteiger partial charge in [0.2, 0.25) is 0 Å². The summed E-state index contributed by atoms with van der Waals surface area (Å²) < 4.78 is 26.6. The molecule has 2 aromatic carbocycles. The monoisotopic (exact) mass is 375 g/mol. The molecule has 0 atom stereocenters. The molecule has 1 aliphatic heterocycles. The van der Waals surface area contributed by atoms with E-state index in [0.29, 0.717) is 38.0 Å². The fourth-order valence-electron chi connectivity index (χ4n) is 3.23. The number of nitro benzene ring substituents is 1. The van der Waals surface area contributed by atoms with Gasteiger partial charge in [0.1, 0.15) is 11.6 Å². The summed E-state index contributed by atoms with van der Waals surface area (Å²) >= 11 is 0. The predicted molar refractivity (Wildman–Crippen MR) is 95.2 cm³/mol. The minimum absolute atomic E-state index is 0.0442. The van der Waals surface area contributed by atoms with E-state index in [2.05, 4.69) is 10.2 Å². The van der Waals surface area contributed by atoms with Crippen molar-refractivity contribution in [3.8, 4) is 0 Å². The maximum absolute atomic E-state index is 13.3. The standard InChI is InChI=1S/C19H19F2N3O3/c20-15-8-13(9-16(21)11-15)12-23-6-4-17(5-7-23)22-19(25)14-2-1-3-18(10-14)24(26)27/h1-3,8-11,17H,4-7,12H2,(H,22,25). The van der Waals surface area contributed by atoms with Gasteiger partial charge in [0, 0.05) is 49.4 Å². The number of hydrogen-bond acceptors (Lipinski definition) is 4. The van der Waals surface area contributed by atoms with Gasteiger partial charge in [-0.25, -0.2) is 8.78 Å². The Morgan fingerprint density at radius 3 is 2.44 bits per heavy atom. The predicted octanol–water partition coefficient (Wildman–Crippen LogP) is 3.27. The first-order valence-corrected chi connectivity index (χ1v) is 8.63. The molecule has 0 aromatic heterocycles. The lowest BCUT2D eigenvalue weighted by atomic mass is 10.0. The largest absolute Gasteiger partial charge is 0.349 e. The van der Waals surface area contributed by atoms with E-state index in [9.17, 15) is 23.7 Å². The molecular formula is C19H19F2N3O3. The number of rotatable bonds is 5. The Morgan fingerprint density at radius 1 is 1.15 bits per heavy atom. The van der Waals surface area contributed by atoms with E-state index >= 15 is 0 Å². The van der Waals surface area contributed by atoms with Crippen LogP contribution in [0.2, 0.25) is 0 Å². The highest BCUT2D eigenvalue weighted by Crippen LogP contribution is 2.17. The van der Waals surface area contributed by atoms with Gasteiger partial charge in [0.25, 0.3) is 11.6 Å². The number of carbonyl (C=O) groups is 1. The molecule has 0 saturated carbocycles. The molecule has 6 nitrogen and oxygen atoms in total. The van der Waals surface area contributed by atoms with Crippen LogP contribution in [0.3, 0.4) is 0 Å². The number of amides is 1. The summed E-state index contributed by atoms with van der Waals surface area (Å²) in [6.45, 7) is 1.80. The van der Waals surface area contributed by atoms with Crippen molar-refractivity contribution in [1.29, 1.82) is 0 Å². The van der Waals surface area contributed by atoms with Crippen molar-refractivity contribution in [3.05, 3.63) is 75.3 Å². The Hall–Kier alpha value is -2.87. The van der Waals surface area contributed by atoms with Gasteiger partial charge in [0.15, 0.2) is 0 Å². The minimum Gasteiger partial charge on any atom is -0.349 e. The molecule has 0 spiro atoms. The van der Waals surface area contributed by atoms with Crippen LogP contribution < -0.4 is 5.32 Å². The Balaban J connectivity index is 1.52. The number of non-ortho nitro benzene ring substituents is 1. The number of likely N-dealkylation sites (tertiary alicyclic amines) is 1. The van der Waals surface area contributed by atoms with Gasteiger partial charge in [0.05, 0.1) is 4.92 Å². The van der Waals surface area contributed by atoms with Crippen LogP contribution in [0.4, 0.5) is 14.5 Å².